The molecule has 2 aliphatic heterocycles. The standard InChI is InChI=1S/C19H29N3O4S2/c1-3-14(2)20-18(23)15-6-10-22(11-7-15)28(25,26)17-12-16(13-27-17)19(24)21-8-4-5-9-21/h12-15H,3-11H2,1-2H3,(H,20,23)/t14-/m1/s1. The Balaban J connectivity index is 1.61. The second-order valence-corrected chi connectivity index (χ2v) is 10.7. The van der Waals surface area contributed by atoms with Gasteiger partial charge in [-0.3, -0.25) is 9.59 Å². The number of hydrogen-bond donors (Lipinski definition) is 1. The number of carbonyl (C=O) groups excluding carboxylic acids is 2. The number of piperidine rings is 1. The van der Waals surface area contributed by atoms with Crippen molar-refractivity contribution in [3.8, 4) is 0 Å². The number of thiophene rings is 1. The third kappa shape index (κ3) is 4.58. The van der Waals surface area contributed by atoms with Crippen molar-refractivity contribution in [1.29, 1.82) is 0 Å². The maximum absolute atomic E-state index is 13.0. The number of hydrogen-bond acceptors (Lipinski definition) is 5. The van der Waals surface area contributed by atoms with E-state index in [1.165, 1.54) is 10.4 Å². The van der Waals surface area contributed by atoms with Crippen LogP contribution in [-0.4, -0.2) is 61.7 Å². The number of carbonyl (C=O) groups is 2. The average molecular weight is 428 g/mol. The Morgan fingerprint density at radius 3 is 2.46 bits per heavy atom. The summed E-state index contributed by atoms with van der Waals surface area (Å²) in [4.78, 5) is 26.5. The molecule has 0 aromatic carbocycles. The zero-order valence-corrected chi connectivity index (χ0v) is 18.2. The summed E-state index contributed by atoms with van der Waals surface area (Å²) in [6.45, 7) is 6.12. The third-order valence-corrected chi connectivity index (χ3v) is 8.95. The van der Waals surface area contributed by atoms with Gasteiger partial charge in [-0.15, -0.1) is 11.3 Å². The summed E-state index contributed by atoms with van der Waals surface area (Å²) in [6, 6.07) is 1.63. The zero-order valence-electron chi connectivity index (χ0n) is 16.5. The Morgan fingerprint density at radius 2 is 1.86 bits per heavy atom. The molecule has 0 spiro atoms. The molecule has 9 heteroatoms. The molecule has 2 amide bonds. The predicted molar refractivity (Wildman–Crippen MR) is 109 cm³/mol. The topological polar surface area (TPSA) is 86.8 Å². The summed E-state index contributed by atoms with van der Waals surface area (Å²) < 4.78 is 27.6. The van der Waals surface area contributed by atoms with Crippen molar-refractivity contribution in [2.75, 3.05) is 26.2 Å². The molecule has 3 rings (SSSR count). The molecule has 2 saturated heterocycles. The van der Waals surface area contributed by atoms with Crippen molar-refractivity contribution in [3.63, 3.8) is 0 Å². The third-order valence-electron chi connectivity index (χ3n) is 5.64. The van der Waals surface area contributed by atoms with E-state index in [-0.39, 0.29) is 28.0 Å². The van der Waals surface area contributed by atoms with E-state index < -0.39 is 10.0 Å². The first-order chi connectivity index (χ1) is 13.3. The molecule has 0 unspecified atom stereocenters. The number of likely N-dealkylation sites (tertiary alicyclic amines) is 1. The summed E-state index contributed by atoms with van der Waals surface area (Å²) in [5.41, 5.74) is 0.452. The Kier molecular flexibility index (Phi) is 6.77. The van der Waals surface area contributed by atoms with E-state index in [1.807, 2.05) is 13.8 Å². The van der Waals surface area contributed by atoms with Gasteiger partial charge in [0.25, 0.3) is 15.9 Å². The van der Waals surface area contributed by atoms with Crippen LogP contribution in [0.1, 0.15) is 56.3 Å². The minimum atomic E-state index is -3.63. The van der Waals surface area contributed by atoms with Gasteiger partial charge in [0.1, 0.15) is 4.21 Å². The van der Waals surface area contributed by atoms with Crippen molar-refractivity contribution < 1.29 is 18.0 Å². The number of nitrogens with one attached hydrogen (secondary N) is 1. The van der Waals surface area contributed by atoms with Gasteiger partial charge in [0.15, 0.2) is 0 Å². The Hall–Kier alpha value is -1.45. The van der Waals surface area contributed by atoms with Crippen LogP contribution in [-0.2, 0) is 14.8 Å². The lowest BCUT2D eigenvalue weighted by Crippen LogP contribution is -2.44. The van der Waals surface area contributed by atoms with Gasteiger partial charge >= 0.3 is 0 Å². The molecule has 1 N–H and O–H groups in total. The molecule has 2 aliphatic rings. The molecule has 3 heterocycles. The van der Waals surface area contributed by atoms with Crippen LogP contribution in [0.15, 0.2) is 15.7 Å². The fraction of sp³-hybridized carbons (Fsp3) is 0.684. The molecular weight excluding hydrogens is 398 g/mol. The maximum atomic E-state index is 13.0. The Labute approximate surface area is 171 Å². The van der Waals surface area contributed by atoms with E-state index in [4.69, 9.17) is 0 Å². The molecule has 0 aliphatic carbocycles. The van der Waals surface area contributed by atoms with Crippen molar-refractivity contribution in [2.24, 2.45) is 5.92 Å². The Bertz CT molecular complexity index is 807. The van der Waals surface area contributed by atoms with Crippen LogP contribution in [0.3, 0.4) is 0 Å². The first-order valence-corrected chi connectivity index (χ1v) is 12.3. The molecule has 2 fully saturated rings. The molecule has 1 atom stereocenters. The van der Waals surface area contributed by atoms with Gasteiger partial charge in [-0.2, -0.15) is 4.31 Å². The van der Waals surface area contributed by atoms with Gasteiger partial charge in [0.2, 0.25) is 5.91 Å². The van der Waals surface area contributed by atoms with Gasteiger partial charge in [0, 0.05) is 43.5 Å². The van der Waals surface area contributed by atoms with E-state index in [1.54, 1.807) is 10.3 Å². The van der Waals surface area contributed by atoms with E-state index in [0.29, 0.717) is 31.5 Å². The van der Waals surface area contributed by atoms with E-state index in [0.717, 1.165) is 43.7 Å². The van der Waals surface area contributed by atoms with Crippen LogP contribution in [0.5, 0.6) is 0 Å². The average Bonchev–Trinajstić information content (AvgIpc) is 3.39. The molecular formula is C19H29N3O4S2. The summed E-state index contributed by atoms with van der Waals surface area (Å²) in [6.07, 6.45) is 3.91. The van der Waals surface area contributed by atoms with Crippen LogP contribution in [0.25, 0.3) is 0 Å². The number of amides is 2. The molecule has 1 aromatic heterocycles. The van der Waals surface area contributed by atoms with Crippen molar-refractivity contribution in [3.05, 3.63) is 17.0 Å². The first-order valence-electron chi connectivity index (χ1n) is 10.0. The van der Waals surface area contributed by atoms with Gasteiger partial charge in [-0.05, 0) is 45.1 Å². The smallest absolute Gasteiger partial charge is 0.254 e. The second kappa shape index (κ2) is 8.92. The highest BCUT2D eigenvalue weighted by Crippen LogP contribution is 2.29. The van der Waals surface area contributed by atoms with Crippen molar-refractivity contribution in [2.45, 2.75) is 56.2 Å². The van der Waals surface area contributed by atoms with Gasteiger partial charge in [-0.25, -0.2) is 8.42 Å². The quantitative estimate of drug-likeness (QED) is 0.755. The predicted octanol–water partition coefficient (Wildman–Crippen LogP) is 2.30. The molecule has 7 nitrogen and oxygen atoms in total. The lowest BCUT2D eigenvalue weighted by molar-refractivity contribution is -0.126. The zero-order chi connectivity index (χ0) is 20.3. The fourth-order valence-corrected chi connectivity index (χ4v) is 6.39. The minimum Gasteiger partial charge on any atom is -0.353 e. The van der Waals surface area contributed by atoms with Gasteiger partial charge < -0.3 is 10.2 Å². The largest absolute Gasteiger partial charge is 0.353 e. The van der Waals surface area contributed by atoms with Crippen LogP contribution < -0.4 is 5.32 Å². The molecule has 0 radical (unpaired) electrons. The van der Waals surface area contributed by atoms with Crippen LogP contribution >= 0.6 is 11.3 Å². The minimum absolute atomic E-state index is 0.0148. The van der Waals surface area contributed by atoms with Crippen LogP contribution in [0, 0.1) is 5.92 Å². The molecule has 1 aromatic rings. The van der Waals surface area contributed by atoms with E-state index in [2.05, 4.69) is 5.32 Å². The normalized spacial score (nSPS) is 20.3. The fourth-order valence-electron chi connectivity index (χ4n) is 3.62. The lowest BCUT2D eigenvalue weighted by Gasteiger charge is -2.30. The van der Waals surface area contributed by atoms with Crippen molar-refractivity contribution in [1.82, 2.24) is 14.5 Å². The number of nitrogens with zero attached hydrogens (tertiary/aromatic N) is 2. The highest BCUT2D eigenvalue weighted by atomic mass is 32.2. The van der Waals surface area contributed by atoms with Crippen molar-refractivity contribution >= 4 is 33.2 Å². The highest BCUT2D eigenvalue weighted by molar-refractivity contribution is 7.91. The summed E-state index contributed by atoms with van der Waals surface area (Å²) in [5, 5.41) is 4.62. The lowest BCUT2D eigenvalue weighted by atomic mass is 9.97. The monoisotopic (exact) mass is 427 g/mol. The van der Waals surface area contributed by atoms with Crippen LogP contribution in [0.2, 0.25) is 0 Å². The van der Waals surface area contributed by atoms with Gasteiger partial charge in [0.05, 0.1) is 5.56 Å². The highest BCUT2D eigenvalue weighted by Gasteiger charge is 2.33. The molecule has 156 valence electrons. The molecule has 0 bridgehead atoms. The second-order valence-electron chi connectivity index (χ2n) is 7.65. The van der Waals surface area contributed by atoms with Gasteiger partial charge in [-0.1, -0.05) is 6.92 Å². The molecule has 0 saturated carbocycles. The van der Waals surface area contributed by atoms with E-state index >= 15 is 0 Å². The summed E-state index contributed by atoms with van der Waals surface area (Å²) in [7, 11) is -3.63. The number of sulfonamides is 1. The maximum Gasteiger partial charge on any atom is 0.254 e. The van der Waals surface area contributed by atoms with Crippen LogP contribution in [0.4, 0.5) is 0 Å². The summed E-state index contributed by atoms with van der Waals surface area (Å²) in [5.74, 6) is -0.215. The SMILES string of the molecule is CC[C@@H](C)NC(=O)C1CCN(S(=O)(=O)c2cc(C(=O)N3CCCC3)cs2)CC1. The molecule has 28 heavy (non-hydrogen) atoms. The Morgan fingerprint density at radius 1 is 1.21 bits per heavy atom. The summed E-state index contributed by atoms with van der Waals surface area (Å²) >= 11 is 1.10. The number of rotatable bonds is 6. The first kappa shape index (κ1) is 21.3. The van der Waals surface area contributed by atoms with E-state index in [9.17, 15) is 18.0 Å².